The van der Waals surface area contributed by atoms with E-state index in [0.29, 0.717) is 17.5 Å². The molecule has 0 saturated heterocycles. The average molecular weight is 805 g/mol. The Bertz CT molecular complexity index is 4230. The average Bonchev–Trinajstić information content (AvgIpc) is 4.02. The smallest absolute Gasteiger partial charge is 0.167 e. The first-order chi connectivity index (χ1) is 31.2. The van der Waals surface area contributed by atoms with Gasteiger partial charge in [-0.15, -0.1) is 0 Å². The number of hydrogen-bond donors (Lipinski definition) is 0. The van der Waals surface area contributed by atoms with E-state index < -0.39 is 0 Å². The van der Waals surface area contributed by atoms with E-state index in [9.17, 15) is 0 Å². The third kappa shape index (κ3) is 5.09. The molecule has 6 nitrogen and oxygen atoms in total. The van der Waals surface area contributed by atoms with E-state index in [0.717, 1.165) is 98.8 Å². The van der Waals surface area contributed by atoms with Crippen molar-refractivity contribution >= 4 is 98.0 Å². The maximum Gasteiger partial charge on any atom is 0.167 e. The first-order valence-corrected chi connectivity index (χ1v) is 21.2. The molecule has 0 atom stereocenters. The summed E-state index contributed by atoms with van der Waals surface area (Å²) in [4.78, 5) is 16.0. The van der Waals surface area contributed by atoms with Gasteiger partial charge in [-0.05, 0) is 86.9 Å². The van der Waals surface area contributed by atoms with Crippen LogP contribution in [0.15, 0.2) is 203 Å². The lowest BCUT2D eigenvalue weighted by Crippen LogP contribution is -2.02. The number of benzene rings is 10. The number of fused-ring (bicyclic) bond motifs is 13. The van der Waals surface area contributed by atoms with Gasteiger partial charge >= 0.3 is 0 Å². The molecule has 63 heavy (non-hydrogen) atoms. The summed E-state index contributed by atoms with van der Waals surface area (Å²) in [5.74, 6) is 1.64. The Morgan fingerprint density at radius 3 is 1.83 bits per heavy atom. The molecular formula is C57H32N4O2. The maximum absolute atomic E-state index is 7.01. The molecule has 0 bridgehead atoms. The van der Waals surface area contributed by atoms with E-state index in [-0.39, 0.29) is 0 Å². The lowest BCUT2D eigenvalue weighted by molar-refractivity contribution is 0.666. The van der Waals surface area contributed by atoms with Crippen molar-refractivity contribution in [2.24, 2.45) is 0 Å². The maximum atomic E-state index is 7.01. The fraction of sp³-hybridized carbons (Fsp3) is 0. The molecule has 0 N–H and O–H groups in total. The van der Waals surface area contributed by atoms with Crippen molar-refractivity contribution in [1.82, 2.24) is 19.5 Å². The molecule has 292 valence electrons. The standard InChI is InChI=1S/C57H32N4O2/c1-2-14-35-28-38(25-24-33(35)12-1)55-58-56(60-57(59-55)44-21-11-20-43-42-19-8-10-23-50(42)62-53(43)44)39-30-46-52-40-17-6-5-13-34(40)26-27-51(52)63-54(46)49(32-39)61-47-22-9-7-18-41(47)45-29-36-15-3-4-16-37(36)31-48(45)61/h1-32H. The number of furan rings is 2. The molecule has 14 aromatic rings. The van der Waals surface area contributed by atoms with Crippen LogP contribution in [-0.2, 0) is 0 Å². The van der Waals surface area contributed by atoms with E-state index in [1.54, 1.807) is 0 Å². The van der Waals surface area contributed by atoms with Crippen molar-refractivity contribution in [2.45, 2.75) is 0 Å². The molecule has 0 spiro atoms. The van der Waals surface area contributed by atoms with Crippen molar-refractivity contribution in [3.63, 3.8) is 0 Å². The van der Waals surface area contributed by atoms with E-state index in [1.807, 2.05) is 24.3 Å². The van der Waals surface area contributed by atoms with E-state index in [1.165, 1.54) is 21.5 Å². The predicted molar refractivity (Wildman–Crippen MR) is 258 cm³/mol. The third-order valence-electron chi connectivity index (χ3n) is 12.8. The highest BCUT2D eigenvalue weighted by Gasteiger charge is 2.24. The second kappa shape index (κ2) is 12.9. The molecule has 0 unspecified atom stereocenters. The van der Waals surface area contributed by atoms with Gasteiger partial charge in [-0.25, -0.2) is 15.0 Å². The molecular weight excluding hydrogens is 773 g/mol. The SMILES string of the molecule is c1ccc2cc(-c3nc(-c4cc(-n5c6ccccc6c6cc7ccccc7cc65)c5oc6ccc7ccccc7c6c5c4)nc(-c4cccc5c4oc4ccccc45)n3)ccc2c1. The fourth-order valence-electron chi connectivity index (χ4n) is 9.85. The van der Waals surface area contributed by atoms with Gasteiger partial charge in [-0.3, -0.25) is 0 Å². The Labute approximate surface area is 358 Å². The van der Waals surface area contributed by atoms with Gasteiger partial charge < -0.3 is 13.4 Å². The predicted octanol–water partition coefficient (Wildman–Crippen LogP) is 15.2. The molecule has 0 fully saturated rings. The molecule has 0 amide bonds. The van der Waals surface area contributed by atoms with Crippen LogP contribution in [0.4, 0.5) is 0 Å². The van der Waals surface area contributed by atoms with Crippen LogP contribution in [-0.4, -0.2) is 19.5 Å². The van der Waals surface area contributed by atoms with Crippen LogP contribution >= 0.6 is 0 Å². The summed E-state index contributed by atoms with van der Waals surface area (Å²) in [6, 6.07) is 68.0. The number of aromatic nitrogens is 4. The van der Waals surface area contributed by atoms with E-state index in [4.69, 9.17) is 23.8 Å². The Morgan fingerprint density at radius 1 is 0.333 bits per heavy atom. The number of hydrogen-bond acceptors (Lipinski definition) is 5. The quantitative estimate of drug-likeness (QED) is 0.177. The lowest BCUT2D eigenvalue weighted by atomic mass is 10.0. The van der Waals surface area contributed by atoms with E-state index in [2.05, 4.69) is 174 Å². The highest BCUT2D eigenvalue weighted by Crippen LogP contribution is 2.44. The van der Waals surface area contributed by atoms with Crippen LogP contribution in [0.3, 0.4) is 0 Å². The van der Waals surface area contributed by atoms with Crippen molar-refractivity contribution < 1.29 is 8.83 Å². The second-order valence-corrected chi connectivity index (χ2v) is 16.4. The van der Waals surface area contributed by atoms with Gasteiger partial charge in [0, 0.05) is 43.4 Å². The summed E-state index contributed by atoms with van der Waals surface area (Å²) in [5, 5.41) is 13.3. The zero-order valence-electron chi connectivity index (χ0n) is 33.6. The molecule has 6 heteroatoms. The van der Waals surface area contributed by atoms with Crippen LogP contribution in [0.25, 0.3) is 138 Å². The molecule has 10 aromatic carbocycles. The van der Waals surface area contributed by atoms with Crippen LogP contribution < -0.4 is 0 Å². The first-order valence-electron chi connectivity index (χ1n) is 21.2. The minimum atomic E-state index is 0.528. The largest absolute Gasteiger partial charge is 0.455 e. The van der Waals surface area contributed by atoms with Crippen LogP contribution in [0.1, 0.15) is 0 Å². The van der Waals surface area contributed by atoms with Gasteiger partial charge in [-0.1, -0.05) is 140 Å². The molecule has 0 aliphatic heterocycles. The zero-order chi connectivity index (χ0) is 41.2. The molecule has 0 aliphatic carbocycles. The van der Waals surface area contributed by atoms with Crippen molar-refractivity contribution in [3.05, 3.63) is 194 Å². The summed E-state index contributed by atoms with van der Waals surface area (Å²) in [7, 11) is 0. The number of para-hydroxylation sites is 3. The summed E-state index contributed by atoms with van der Waals surface area (Å²) >= 11 is 0. The van der Waals surface area contributed by atoms with Gasteiger partial charge in [0.2, 0.25) is 0 Å². The first kappa shape index (κ1) is 34.1. The van der Waals surface area contributed by atoms with Crippen molar-refractivity contribution in [2.75, 3.05) is 0 Å². The monoisotopic (exact) mass is 804 g/mol. The van der Waals surface area contributed by atoms with Crippen LogP contribution in [0, 0.1) is 0 Å². The number of rotatable bonds is 4. The molecule has 0 radical (unpaired) electrons. The Kier molecular flexibility index (Phi) is 7.02. The van der Waals surface area contributed by atoms with Gasteiger partial charge in [-0.2, -0.15) is 0 Å². The fourth-order valence-corrected chi connectivity index (χ4v) is 9.85. The summed E-state index contributed by atoms with van der Waals surface area (Å²) in [6.45, 7) is 0. The van der Waals surface area contributed by atoms with Gasteiger partial charge in [0.25, 0.3) is 0 Å². The van der Waals surface area contributed by atoms with Crippen LogP contribution in [0.2, 0.25) is 0 Å². The normalized spacial score (nSPS) is 12.1. The Balaban J connectivity index is 1.11. The number of nitrogens with zero attached hydrogens (tertiary/aromatic N) is 4. The van der Waals surface area contributed by atoms with Crippen LogP contribution in [0.5, 0.6) is 0 Å². The van der Waals surface area contributed by atoms with Gasteiger partial charge in [0.15, 0.2) is 23.1 Å². The van der Waals surface area contributed by atoms with Gasteiger partial charge in [0.1, 0.15) is 16.7 Å². The Morgan fingerprint density at radius 2 is 0.968 bits per heavy atom. The summed E-state index contributed by atoms with van der Waals surface area (Å²) < 4.78 is 16.0. The highest BCUT2D eigenvalue weighted by atomic mass is 16.3. The third-order valence-corrected chi connectivity index (χ3v) is 12.8. The summed E-state index contributed by atoms with van der Waals surface area (Å²) in [5.41, 5.74) is 8.75. The van der Waals surface area contributed by atoms with Crippen molar-refractivity contribution in [3.8, 4) is 39.9 Å². The molecule has 14 rings (SSSR count). The second-order valence-electron chi connectivity index (χ2n) is 16.4. The summed E-state index contributed by atoms with van der Waals surface area (Å²) in [6.07, 6.45) is 0. The van der Waals surface area contributed by atoms with Crippen molar-refractivity contribution in [1.29, 1.82) is 0 Å². The van der Waals surface area contributed by atoms with Gasteiger partial charge in [0.05, 0.1) is 22.3 Å². The van der Waals surface area contributed by atoms with E-state index >= 15 is 0 Å². The minimum absolute atomic E-state index is 0.528. The Hall–Kier alpha value is -8.61. The molecule has 4 aromatic heterocycles. The zero-order valence-corrected chi connectivity index (χ0v) is 33.6. The topological polar surface area (TPSA) is 69.9 Å². The highest BCUT2D eigenvalue weighted by molar-refractivity contribution is 6.22. The molecule has 0 saturated carbocycles. The minimum Gasteiger partial charge on any atom is -0.455 e. The molecule has 0 aliphatic rings. The molecule has 4 heterocycles. The lowest BCUT2D eigenvalue weighted by Gasteiger charge is -2.13.